The van der Waals surface area contributed by atoms with Crippen molar-refractivity contribution in [3.05, 3.63) is 26.9 Å². The highest BCUT2D eigenvalue weighted by atomic mass is 79.9. The fraction of sp³-hybridized carbons (Fsp3) is 0.545. The molecule has 0 aliphatic rings. The highest BCUT2D eigenvalue weighted by molar-refractivity contribution is 9.10. The van der Waals surface area contributed by atoms with Crippen molar-refractivity contribution >= 4 is 27.4 Å². The molecule has 0 aliphatic carbocycles. The Bertz CT molecular complexity index is 429. The van der Waals surface area contributed by atoms with Crippen molar-refractivity contribution in [2.24, 2.45) is 5.41 Å². The van der Waals surface area contributed by atoms with Crippen LogP contribution in [0.5, 0.6) is 0 Å². The van der Waals surface area contributed by atoms with Gasteiger partial charge in [-0.1, -0.05) is 20.8 Å². The first kappa shape index (κ1) is 13.9. The maximum atomic E-state index is 11.0. The van der Waals surface area contributed by atoms with E-state index >= 15 is 0 Å². The molecule has 1 aromatic rings. The number of hydrogen-bond donors (Lipinski definition) is 0. The summed E-state index contributed by atoms with van der Waals surface area (Å²) in [5, 5.41) is 11.0. The molecule has 17 heavy (non-hydrogen) atoms. The molecule has 0 amide bonds. The van der Waals surface area contributed by atoms with E-state index in [1.807, 2.05) is 11.9 Å². The van der Waals surface area contributed by atoms with Gasteiger partial charge in [0.1, 0.15) is 0 Å². The average Bonchev–Trinajstić information content (AvgIpc) is 2.14. The van der Waals surface area contributed by atoms with Crippen molar-refractivity contribution in [2.45, 2.75) is 20.8 Å². The number of hydrogen-bond acceptors (Lipinski definition) is 4. The maximum Gasteiger partial charge on any atom is 0.312 e. The molecule has 0 radical (unpaired) electrons. The van der Waals surface area contributed by atoms with E-state index < -0.39 is 4.92 Å². The van der Waals surface area contributed by atoms with Crippen LogP contribution in [0.25, 0.3) is 0 Å². The van der Waals surface area contributed by atoms with E-state index in [2.05, 4.69) is 41.7 Å². The van der Waals surface area contributed by atoms with Crippen molar-refractivity contribution in [3.63, 3.8) is 0 Å². The smallest absolute Gasteiger partial charge is 0.312 e. The summed E-state index contributed by atoms with van der Waals surface area (Å²) in [4.78, 5) is 16.5. The monoisotopic (exact) mass is 301 g/mol. The van der Waals surface area contributed by atoms with E-state index in [-0.39, 0.29) is 11.1 Å². The van der Waals surface area contributed by atoms with Crippen LogP contribution in [0.2, 0.25) is 0 Å². The highest BCUT2D eigenvalue weighted by Crippen LogP contribution is 2.29. The second kappa shape index (κ2) is 5.00. The van der Waals surface area contributed by atoms with Crippen molar-refractivity contribution in [3.8, 4) is 0 Å². The molecule has 0 fully saturated rings. The molecule has 0 atom stereocenters. The summed E-state index contributed by atoms with van der Waals surface area (Å²) in [6.07, 6.45) is 1.57. The van der Waals surface area contributed by atoms with E-state index in [0.717, 1.165) is 0 Å². The summed E-state index contributed by atoms with van der Waals surface area (Å²) in [5.74, 6) is 0.396. The first-order valence-corrected chi connectivity index (χ1v) is 6.01. The third kappa shape index (κ3) is 3.96. The summed E-state index contributed by atoms with van der Waals surface area (Å²) in [5.41, 5.74) is 0.0725. The molecular weight excluding hydrogens is 286 g/mol. The standard InChI is InChI=1S/C11H16BrN3O2/c1-11(2,3)7-14(4)10-9(15(16)17)5-8(12)6-13-10/h5-6H,7H2,1-4H3. The van der Waals surface area contributed by atoms with Gasteiger partial charge < -0.3 is 4.90 Å². The number of pyridine rings is 1. The Kier molecular flexibility index (Phi) is 4.08. The zero-order chi connectivity index (χ0) is 13.2. The lowest BCUT2D eigenvalue weighted by Crippen LogP contribution is -2.30. The molecule has 0 saturated heterocycles. The maximum absolute atomic E-state index is 11.0. The van der Waals surface area contributed by atoms with Crippen LogP contribution in [0, 0.1) is 15.5 Å². The summed E-state index contributed by atoms with van der Waals surface area (Å²) >= 11 is 3.19. The molecule has 6 heteroatoms. The Morgan fingerprint density at radius 2 is 2.12 bits per heavy atom. The predicted molar refractivity (Wildman–Crippen MR) is 71.3 cm³/mol. The SMILES string of the molecule is CN(CC(C)(C)C)c1ncc(Br)cc1[N+](=O)[O-]. The van der Waals surface area contributed by atoms with Gasteiger partial charge in [-0.3, -0.25) is 10.1 Å². The molecule has 1 aromatic heterocycles. The lowest BCUT2D eigenvalue weighted by atomic mass is 9.96. The molecular formula is C11H16BrN3O2. The van der Waals surface area contributed by atoms with Crippen LogP contribution in [0.4, 0.5) is 11.5 Å². The fourth-order valence-corrected chi connectivity index (χ4v) is 1.96. The minimum absolute atomic E-state index is 0.0196. The molecule has 94 valence electrons. The van der Waals surface area contributed by atoms with Crippen LogP contribution < -0.4 is 4.90 Å². The molecule has 0 aliphatic heterocycles. The van der Waals surface area contributed by atoms with E-state index in [9.17, 15) is 10.1 Å². The topological polar surface area (TPSA) is 59.3 Å². The minimum Gasteiger partial charge on any atom is -0.353 e. The van der Waals surface area contributed by atoms with Crippen LogP contribution in [-0.4, -0.2) is 23.5 Å². The van der Waals surface area contributed by atoms with Gasteiger partial charge in [0.15, 0.2) is 0 Å². The van der Waals surface area contributed by atoms with Crippen molar-refractivity contribution in [2.75, 3.05) is 18.5 Å². The molecule has 0 bridgehead atoms. The number of nitrogens with zero attached hydrogens (tertiary/aromatic N) is 3. The number of nitro groups is 1. The van der Waals surface area contributed by atoms with Crippen molar-refractivity contribution in [1.82, 2.24) is 4.98 Å². The van der Waals surface area contributed by atoms with Crippen molar-refractivity contribution < 1.29 is 4.92 Å². The lowest BCUT2D eigenvalue weighted by molar-refractivity contribution is -0.384. The summed E-state index contributed by atoms with van der Waals surface area (Å²) in [7, 11) is 1.81. The Labute approximate surface area is 109 Å². The van der Waals surface area contributed by atoms with E-state index in [4.69, 9.17) is 0 Å². The second-order valence-corrected chi connectivity index (χ2v) is 6.09. The van der Waals surface area contributed by atoms with Crippen LogP contribution in [-0.2, 0) is 0 Å². The first-order chi connectivity index (χ1) is 7.70. The van der Waals surface area contributed by atoms with Gasteiger partial charge in [0.25, 0.3) is 0 Å². The normalized spacial score (nSPS) is 11.4. The number of aromatic nitrogens is 1. The Balaban J connectivity index is 3.09. The Morgan fingerprint density at radius 1 is 1.53 bits per heavy atom. The van der Waals surface area contributed by atoms with Gasteiger partial charge in [0.05, 0.1) is 4.92 Å². The third-order valence-corrected chi connectivity index (χ3v) is 2.52. The molecule has 1 rings (SSSR count). The number of rotatable bonds is 3. The average molecular weight is 302 g/mol. The van der Waals surface area contributed by atoms with Crippen LogP contribution in [0.15, 0.2) is 16.7 Å². The van der Waals surface area contributed by atoms with Gasteiger partial charge >= 0.3 is 5.69 Å². The molecule has 0 spiro atoms. The molecule has 0 N–H and O–H groups in total. The molecule has 0 aromatic carbocycles. The first-order valence-electron chi connectivity index (χ1n) is 5.22. The van der Waals surface area contributed by atoms with E-state index in [1.165, 1.54) is 6.07 Å². The van der Waals surface area contributed by atoms with Crippen LogP contribution in [0.1, 0.15) is 20.8 Å². The number of halogens is 1. The largest absolute Gasteiger partial charge is 0.353 e. The predicted octanol–water partition coefficient (Wildman–Crippen LogP) is 3.23. The Hall–Kier alpha value is -1.17. The highest BCUT2D eigenvalue weighted by Gasteiger charge is 2.22. The summed E-state index contributed by atoms with van der Waals surface area (Å²) < 4.78 is 0.608. The van der Waals surface area contributed by atoms with Crippen LogP contribution in [0.3, 0.4) is 0 Å². The van der Waals surface area contributed by atoms with Gasteiger partial charge in [-0.25, -0.2) is 4.98 Å². The van der Waals surface area contributed by atoms with Gasteiger partial charge in [-0.2, -0.15) is 0 Å². The second-order valence-electron chi connectivity index (χ2n) is 5.17. The van der Waals surface area contributed by atoms with Crippen molar-refractivity contribution in [1.29, 1.82) is 0 Å². The summed E-state index contributed by atoms with van der Waals surface area (Å²) in [6, 6.07) is 1.47. The molecule has 1 heterocycles. The van der Waals surface area contributed by atoms with Gasteiger partial charge in [0.2, 0.25) is 5.82 Å². The fourth-order valence-electron chi connectivity index (χ4n) is 1.64. The quantitative estimate of drug-likeness (QED) is 0.635. The van der Waals surface area contributed by atoms with E-state index in [1.54, 1.807) is 6.20 Å². The Morgan fingerprint density at radius 3 is 2.59 bits per heavy atom. The zero-order valence-electron chi connectivity index (χ0n) is 10.4. The minimum atomic E-state index is -0.410. The molecule has 5 nitrogen and oxygen atoms in total. The van der Waals surface area contributed by atoms with E-state index in [0.29, 0.717) is 16.8 Å². The van der Waals surface area contributed by atoms with Crippen LogP contribution >= 0.6 is 15.9 Å². The van der Waals surface area contributed by atoms with Gasteiger partial charge in [-0.05, 0) is 21.3 Å². The third-order valence-electron chi connectivity index (χ3n) is 2.08. The van der Waals surface area contributed by atoms with Gasteiger partial charge in [-0.15, -0.1) is 0 Å². The molecule has 0 saturated carbocycles. The lowest BCUT2D eigenvalue weighted by Gasteiger charge is -2.27. The zero-order valence-corrected chi connectivity index (χ0v) is 12.0. The number of anilines is 1. The summed E-state index contributed by atoms with van der Waals surface area (Å²) in [6.45, 7) is 6.93. The molecule has 0 unspecified atom stereocenters. The van der Waals surface area contributed by atoms with Gasteiger partial charge in [0, 0.05) is 30.3 Å².